The summed E-state index contributed by atoms with van der Waals surface area (Å²) in [6.45, 7) is 1.04. The first kappa shape index (κ1) is 19.7. The van der Waals surface area contributed by atoms with Crippen LogP contribution in [0.25, 0.3) is 22.4 Å². The molecule has 1 fully saturated rings. The van der Waals surface area contributed by atoms with Crippen LogP contribution in [-0.4, -0.2) is 46.3 Å². The van der Waals surface area contributed by atoms with Gasteiger partial charge in [0, 0.05) is 24.1 Å². The van der Waals surface area contributed by atoms with Crippen LogP contribution in [-0.2, 0) is 17.7 Å². The summed E-state index contributed by atoms with van der Waals surface area (Å²) in [6, 6.07) is 6.07. The van der Waals surface area contributed by atoms with Crippen molar-refractivity contribution in [1.29, 1.82) is 0 Å². The molecule has 2 atom stereocenters. The number of hydrogen-bond acceptors (Lipinski definition) is 5. The molecule has 0 saturated carbocycles. The zero-order valence-electron chi connectivity index (χ0n) is 15.7. The van der Waals surface area contributed by atoms with Crippen molar-refractivity contribution in [3.63, 3.8) is 0 Å². The van der Waals surface area contributed by atoms with Gasteiger partial charge < -0.3 is 19.1 Å². The normalized spacial score (nSPS) is 20.3. The molecule has 0 bridgehead atoms. The second-order valence-electron chi connectivity index (χ2n) is 6.96. The third-order valence-corrected chi connectivity index (χ3v) is 4.91. The number of nitrogens with one attached hydrogen (secondary N) is 1. The van der Waals surface area contributed by atoms with Crippen molar-refractivity contribution in [1.82, 2.24) is 14.7 Å². The lowest BCUT2D eigenvalue weighted by Crippen LogP contribution is -2.39. The van der Waals surface area contributed by atoms with Gasteiger partial charge in [-0.1, -0.05) is 18.1 Å². The molecule has 1 aliphatic heterocycles. The standard InChI is InChI=1S/C19H20F4N4O2/c1-2-17-25-18(26-29-17)16-8-11-13(24-14-6-7-28-9-12(14)20)4-3-5-15(11)27(16)10-19(21,22)23/h3-5,8,12,14,24H,2,6-7,9-10H2,1H3/t12-,14+/m0/s1. The number of halogens is 4. The van der Waals surface area contributed by atoms with Gasteiger partial charge in [0.05, 0.1) is 23.9 Å². The molecule has 4 rings (SSSR count). The van der Waals surface area contributed by atoms with Crippen molar-refractivity contribution >= 4 is 16.6 Å². The molecule has 1 aromatic carbocycles. The predicted molar refractivity (Wildman–Crippen MR) is 98.4 cm³/mol. The van der Waals surface area contributed by atoms with Gasteiger partial charge in [-0.3, -0.25) is 0 Å². The van der Waals surface area contributed by atoms with Crippen LogP contribution in [0.1, 0.15) is 19.2 Å². The largest absolute Gasteiger partial charge is 0.406 e. The van der Waals surface area contributed by atoms with Gasteiger partial charge in [-0.2, -0.15) is 18.2 Å². The molecule has 2 aromatic heterocycles. The van der Waals surface area contributed by atoms with E-state index in [9.17, 15) is 17.6 Å². The third-order valence-electron chi connectivity index (χ3n) is 4.91. The van der Waals surface area contributed by atoms with Crippen molar-refractivity contribution in [2.45, 2.75) is 44.7 Å². The van der Waals surface area contributed by atoms with Gasteiger partial charge in [0.1, 0.15) is 12.7 Å². The predicted octanol–water partition coefficient (Wildman–Crippen LogP) is 4.35. The maximum Gasteiger partial charge on any atom is 0.406 e. The van der Waals surface area contributed by atoms with Crippen LogP contribution < -0.4 is 5.32 Å². The van der Waals surface area contributed by atoms with E-state index in [4.69, 9.17) is 9.26 Å². The molecule has 1 N–H and O–H groups in total. The molecule has 6 nitrogen and oxygen atoms in total. The molecule has 3 aromatic rings. The molecule has 0 aliphatic carbocycles. The summed E-state index contributed by atoms with van der Waals surface area (Å²) in [5.41, 5.74) is 1.10. The van der Waals surface area contributed by atoms with Gasteiger partial charge in [-0.25, -0.2) is 4.39 Å². The van der Waals surface area contributed by atoms with E-state index in [-0.39, 0.29) is 18.1 Å². The van der Waals surface area contributed by atoms with Crippen LogP contribution in [0.4, 0.5) is 23.2 Å². The molecule has 0 unspecified atom stereocenters. The molecule has 1 aliphatic rings. The van der Waals surface area contributed by atoms with Gasteiger partial charge in [-0.15, -0.1) is 0 Å². The van der Waals surface area contributed by atoms with E-state index >= 15 is 0 Å². The first-order valence-electron chi connectivity index (χ1n) is 9.36. The molecule has 10 heteroatoms. The highest BCUT2D eigenvalue weighted by Gasteiger charge is 2.32. The Bertz CT molecular complexity index is 998. The topological polar surface area (TPSA) is 65.1 Å². The van der Waals surface area contributed by atoms with Crippen LogP contribution >= 0.6 is 0 Å². The van der Waals surface area contributed by atoms with Crippen LogP contribution in [0, 0.1) is 0 Å². The highest BCUT2D eigenvalue weighted by atomic mass is 19.4. The van der Waals surface area contributed by atoms with Crippen LogP contribution in [0.3, 0.4) is 0 Å². The maximum absolute atomic E-state index is 14.2. The fraction of sp³-hybridized carbons (Fsp3) is 0.474. The minimum absolute atomic E-state index is 0.00334. The minimum atomic E-state index is -4.44. The fourth-order valence-electron chi connectivity index (χ4n) is 3.51. The second-order valence-corrected chi connectivity index (χ2v) is 6.96. The Balaban J connectivity index is 1.80. The average Bonchev–Trinajstić information content (AvgIpc) is 3.28. The molecular weight excluding hydrogens is 392 g/mol. The highest BCUT2D eigenvalue weighted by molar-refractivity contribution is 5.96. The van der Waals surface area contributed by atoms with E-state index < -0.39 is 24.9 Å². The van der Waals surface area contributed by atoms with Gasteiger partial charge in [0.25, 0.3) is 0 Å². The SMILES string of the molecule is CCc1nc(-c2cc3c(N[C@@H]4CCOC[C@@H]4F)cccc3n2CC(F)(F)F)no1. The number of ether oxygens (including phenoxy) is 1. The Morgan fingerprint density at radius 3 is 2.83 bits per heavy atom. The summed E-state index contributed by atoms with van der Waals surface area (Å²) in [4.78, 5) is 4.18. The monoisotopic (exact) mass is 412 g/mol. The molecule has 1 saturated heterocycles. The Kier molecular flexibility index (Phi) is 5.20. The van der Waals surface area contributed by atoms with E-state index in [0.717, 1.165) is 4.57 Å². The molecule has 3 heterocycles. The van der Waals surface area contributed by atoms with Crippen LogP contribution in [0.2, 0.25) is 0 Å². The van der Waals surface area contributed by atoms with E-state index in [2.05, 4.69) is 15.5 Å². The lowest BCUT2D eigenvalue weighted by atomic mass is 10.1. The Labute approximate surface area is 163 Å². The minimum Gasteiger partial charge on any atom is -0.379 e. The summed E-state index contributed by atoms with van der Waals surface area (Å²) in [5, 5.41) is 7.50. The van der Waals surface area contributed by atoms with Crippen molar-refractivity contribution in [2.24, 2.45) is 0 Å². The van der Waals surface area contributed by atoms with Crippen LogP contribution in [0.15, 0.2) is 28.8 Å². The van der Waals surface area contributed by atoms with Gasteiger partial charge >= 0.3 is 6.18 Å². The zero-order chi connectivity index (χ0) is 20.6. The van der Waals surface area contributed by atoms with E-state index in [1.165, 1.54) is 0 Å². The lowest BCUT2D eigenvalue weighted by Gasteiger charge is -2.28. The third kappa shape index (κ3) is 4.07. The first-order valence-corrected chi connectivity index (χ1v) is 9.36. The smallest absolute Gasteiger partial charge is 0.379 e. The summed E-state index contributed by atoms with van der Waals surface area (Å²) >= 11 is 0. The number of fused-ring (bicyclic) bond motifs is 1. The number of nitrogens with zero attached hydrogens (tertiary/aromatic N) is 3. The number of aromatic nitrogens is 3. The summed E-state index contributed by atoms with van der Waals surface area (Å²) in [6.07, 6.45) is -4.69. The molecule has 29 heavy (non-hydrogen) atoms. The molecular formula is C19H20F4N4O2. The van der Waals surface area contributed by atoms with Gasteiger partial charge in [0.15, 0.2) is 0 Å². The zero-order valence-corrected chi connectivity index (χ0v) is 15.7. The number of hydrogen-bond donors (Lipinski definition) is 1. The Hall–Kier alpha value is -2.62. The maximum atomic E-state index is 14.2. The lowest BCUT2D eigenvalue weighted by molar-refractivity contribution is -0.139. The number of benzene rings is 1. The van der Waals surface area contributed by atoms with Crippen molar-refractivity contribution in [2.75, 3.05) is 18.5 Å². The number of aryl methyl sites for hydroxylation is 1. The molecule has 0 amide bonds. The summed E-state index contributed by atoms with van der Waals surface area (Å²) < 4.78 is 65.3. The van der Waals surface area contributed by atoms with Gasteiger partial charge in [-0.05, 0) is 24.6 Å². The highest BCUT2D eigenvalue weighted by Crippen LogP contribution is 2.35. The fourth-order valence-corrected chi connectivity index (χ4v) is 3.51. The quantitative estimate of drug-likeness (QED) is 0.631. The summed E-state index contributed by atoms with van der Waals surface area (Å²) in [7, 11) is 0. The van der Waals surface area contributed by atoms with E-state index in [0.29, 0.717) is 41.9 Å². The first-order chi connectivity index (χ1) is 13.9. The molecule has 156 valence electrons. The average molecular weight is 412 g/mol. The van der Waals surface area contributed by atoms with Crippen LogP contribution in [0.5, 0.6) is 0 Å². The van der Waals surface area contributed by atoms with Gasteiger partial charge in [0.2, 0.25) is 11.7 Å². The number of rotatable bonds is 5. The Morgan fingerprint density at radius 1 is 1.31 bits per heavy atom. The van der Waals surface area contributed by atoms with Crippen molar-refractivity contribution in [3.05, 3.63) is 30.2 Å². The summed E-state index contributed by atoms with van der Waals surface area (Å²) in [5.74, 6) is 0.423. The van der Waals surface area contributed by atoms with E-state index in [1.807, 2.05) is 6.92 Å². The Morgan fingerprint density at radius 2 is 2.14 bits per heavy atom. The second kappa shape index (κ2) is 7.66. The molecule has 0 radical (unpaired) electrons. The number of anilines is 1. The van der Waals surface area contributed by atoms with Crippen molar-refractivity contribution < 1.29 is 26.8 Å². The van der Waals surface area contributed by atoms with E-state index in [1.54, 1.807) is 24.3 Å². The number of alkyl halides is 4. The molecule has 0 spiro atoms. The van der Waals surface area contributed by atoms with Crippen molar-refractivity contribution in [3.8, 4) is 11.5 Å².